The Bertz CT molecular complexity index is 1040. The molecule has 0 bridgehead atoms. The normalized spacial score (nSPS) is 14.9. The number of halogens is 2. The van der Waals surface area contributed by atoms with Crippen LogP contribution in [0.4, 0.5) is 20.4 Å². The van der Waals surface area contributed by atoms with Gasteiger partial charge in [-0.25, -0.2) is 18.4 Å². The van der Waals surface area contributed by atoms with Crippen LogP contribution in [0.1, 0.15) is 16.2 Å². The van der Waals surface area contributed by atoms with Crippen LogP contribution in [0.5, 0.6) is 0 Å². The Balaban J connectivity index is 1.78. The van der Waals surface area contributed by atoms with Crippen LogP contribution < -0.4 is 9.80 Å². The van der Waals surface area contributed by atoms with Crippen molar-refractivity contribution in [1.82, 2.24) is 14.9 Å². The van der Waals surface area contributed by atoms with Gasteiger partial charge in [-0.15, -0.1) is 0 Å². The highest BCUT2D eigenvalue weighted by Crippen LogP contribution is 2.25. The standard InChI is InChI=1S/C19H23F2N5O3S/c1-13-22-16(24(2)3)12-17(23-13)25-8-10-26(11-9-25)18(27)14-6-4-5-7-15(14)30(28,29)19(20)21/h4-7,12,19H,8-11H2,1-3H3. The summed E-state index contributed by atoms with van der Waals surface area (Å²) in [6.07, 6.45) is 0. The molecule has 0 unspecified atom stereocenters. The van der Waals surface area contributed by atoms with Crippen LogP contribution in [0.3, 0.4) is 0 Å². The summed E-state index contributed by atoms with van der Waals surface area (Å²) < 4.78 is 49.9. The van der Waals surface area contributed by atoms with E-state index in [2.05, 4.69) is 9.97 Å². The van der Waals surface area contributed by atoms with Crippen LogP contribution >= 0.6 is 0 Å². The lowest BCUT2D eigenvalue weighted by Gasteiger charge is -2.36. The summed E-state index contributed by atoms with van der Waals surface area (Å²) in [5.74, 6) is -2.04. The predicted octanol–water partition coefficient (Wildman–Crippen LogP) is 1.81. The molecular formula is C19H23F2N5O3S. The molecule has 0 spiro atoms. The number of hydrogen-bond acceptors (Lipinski definition) is 7. The lowest BCUT2D eigenvalue weighted by Crippen LogP contribution is -2.49. The first kappa shape index (κ1) is 21.9. The van der Waals surface area contributed by atoms with Crippen LogP contribution in [-0.4, -0.2) is 75.2 Å². The molecule has 1 saturated heterocycles. The van der Waals surface area contributed by atoms with Crippen molar-refractivity contribution in [1.29, 1.82) is 0 Å². The smallest absolute Gasteiger partial charge is 0.341 e. The van der Waals surface area contributed by atoms with Crippen molar-refractivity contribution in [3.05, 3.63) is 41.7 Å². The molecule has 162 valence electrons. The number of benzene rings is 1. The molecule has 3 rings (SSSR count). The molecule has 1 amide bonds. The van der Waals surface area contributed by atoms with Gasteiger partial charge < -0.3 is 14.7 Å². The van der Waals surface area contributed by atoms with Gasteiger partial charge in [0.1, 0.15) is 17.5 Å². The number of sulfone groups is 1. The van der Waals surface area contributed by atoms with Gasteiger partial charge in [0, 0.05) is 46.3 Å². The summed E-state index contributed by atoms with van der Waals surface area (Å²) in [6.45, 7) is 3.36. The van der Waals surface area contributed by atoms with E-state index in [1.54, 1.807) is 6.92 Å². The molecule has 1 aliphatic rings. The monoisotopic (exact) mass is 439 g/mol. The van der Waals surface area contributed by atoms with Gasteiger partial charge in [-0.3, -0.25) is 4.79 Å². The number of aryl methyl sites for hydroxylation is 1. The second-order valence-electron chi connectivity index (χ2n) is 7.11. The number of rotatable bonds is 5. The Labute approximate surface area is 174 Å². The van der Waals surface area contributed by atoms with E-state index in [1.807, 2.05) is 30.0 Å². The number of nitrogens with zero attached hydrogens (tertiary/aromatic N) is 5. The van der Waals surface area contributed by atoms with E-state index in [0.29, 0.717) is 32.0 Å². The minimum atomic E-state index is -4.88. The highest BCUT2D eigenvalue weighted by molar-refractivity contribution is 7.91. The lowest BCUT2D eigenvalue weighted by atomic mass is 10.2. The third kappa shape index (κ3) is 4.35. The average molecular weight is 439 g/mol. The predicted molar refractivity (Wildman–Crippen MR) is 109 cm³/mol. The van der Waals surface area contributed by atoms with Gasteiger partial charge >= 0.3 is 5.76 Å². The summed E-state index contributed by atoms with van der Waals surface area (Å²) >= 11 is 0. The second-order valence-corrected chi connectivity index (χ2v) is 8.99. The zero-order valence-electron chi connectivity index (χ0n) is 16.9. The van der Waals surface area contributed by atoms with Crippen molar-refractivity contribution < 1.29 is 22.0 Å². The fraction of sp³-hybridized carbons (Fsp3) is 0.421. The summed E-state index contributed by atoms with van der Waals surface area (Å²) in [7, 11) is -1.11. The molecule has 2 heterocycles. The van der Waals surface area contributed by atoms with Crippen LogP contribution in [0.2, 0.25) is 0 Å². The number of piperazine rings is 1. The van der Waals surface area contributed by atoms with E-state index in [9.17, 15) is 22.0 Å². The molecule has 1 aromatic heterocycles. The third-order valence-corrected chi connectivity index (χ3v) is 6.26. The topological polar surface area (TPSA) is 86.7 Å². The molecule has 0 aliphatic carbocycles. The summed E-state index contributed by atoms with van der Waals surface area (Å²) in [4.78, 5) is 26.4. The molecule has 0 radical (unpaired) electrons. The first-order chi connectivity index (χ1) is 14.1. The maximum absolute atomic E-state index is 13.0. The van der Waals surface area contributed by atoms with Gasteiger partial charge in [0.25, 0.3) is 5.91 Å². The highest BCUT2D eigenvalue weighted by Gasteiger charge is 2.33. The largest absolute Gasteiger partial charge is 0.363 e. The van der Waals surface area contributed by atoms with E-state index in [0.717, 1.165) is 17.7 Å². The Hall–Kier alpha value is -2.82. The Morgan fingerprint density at radius 2 is 1.73 bits per heavy atom. The molecule has 2 aromatic rings. The number of carbonyl (C=O) groups excluding carboxylic acids is 1. The zero-order chi connectivity index (χ0) is 22.1. The molecule has 1 aromatic carbocycles. The van der Waals surface area contributed by atoms with Crippen molar-refractivity contribution in [3.8, 4) is 0 Å². The van der Waals surface area contributed by atoms with Gasteiger partial charge in [0.15, 0.2) is 0 Å². The Kier molecular flexibility index (Phi) is 6.20. The highest BCUT2D eigenvalue weighted by atomic mass is 32.2. The number of carbonyl (C=O) groups is 1. The maximum atomic E-state index is 13.0. The Morgan fingerprint density at radius 3 is 2.33 bits per heavy atom. The first-order valence-corrected chi connectivity index (χ1v) is 10.8. The van der Waals surface area contributed by atoms with Gasteiger partial charge in [0.2, 0.25) is 9.84 Å². The lowest BCUT2D eigenvalue weighted by molar-refractivity contribution is 0.0742. The van der Waals surface area contributed by atoms with Gasteiger partial charge in [-0.1, -0.05) is 12.1 Å². The van der Waals surface area contributed by atoms with Gasteiger partial charge in [-0.05, 0) is 19.1 Å². The molecule has 1 aliphatic heterocycles. The third-order valence-electron chi connectivity index (χ3n) is 4.82. The van der Waals surface area contributed by atoms with Crippen molar-refractivity contribution in [3.63, 3.8) is 0 Å². The number of anilines is 2. The minimum absolute atomic E-state index is 0.237. The number of aromatic nitrogens is 2. The molecule has 0 saturated carbocycles. The minimum Gasteiger partial charge on any atom is -0.363 e. The zero-order valence-corrected chi connectivity index (χ0v) is 17.7. The maximum Gasteiger partial charge on any atom is 0.341 e. The van der Waals surface area contributed by atoms with E-state index < -0.39 is 26.4 Å². The molecular weight excluding hydrogens is 416 g/mol. The van der Waals surface area contributed by atoms with Crippen LogP contribution in [-0.2, 0) is 9.84 Å². The molecule has 0 N–H and O–H groups in total. The number of alkyl halides is 2. The van der Waals surface area contributed by atoms with Gasteiger partial charge in [-0.2, -0.15) is 8.78 Å². The first-order valence-electron chi connectivity index (χ1n) is 9.29. The van der Waals surface area contributed by atoms with E-state index in [4.69, 9.17) is 0 Å². The quantitative estimate of drug-likeness (QED) is 0.702. The fourth-order valence-corrected chi connectivity index (χ4v) is 4.15. The van der Waals surface area contributed by atoms with E-state index in [1.165, 1.54) is 23.1 Å². The van der Waals surface area contributed by atoms with Crippen LogP contribution in [0, 0.1) is 6.92 Å². The van der Waals surface area contributed by atoms with Crippen molar-refractivity contribution >= 4 is 27.4 Å². The van der Waals surface area contributed by atoms with Gasteiger partial charge in [0.05, 0.1) is 10.5 Å². The Morgan fingerprint density at radius 1 is 1.10 bits per heavy atom. The number of amides is 1. The molecule has 1 fully saturated rings. The average Bonchev–Trinajstić information content (AvgIpc) is 2.72. The van der Waals surface area contributed by atoms with Crippen LogP contribution in [0.25, 0.3) is 0 Å². The SMILES string of the molecule is Cc1nc(N(C)C)cc(N2CCN(C(=O)c3ccccc3S(=O)(=O)C(F)F)CC2)n1. The molecule has 0 atom stereocenters. The summed E-state index contributed by atoms with van der Waals surface area (Å²) in [5, 5.41) is 0. The number of hydrogen-bond donors (Lipinski definition) is 0. The summed E-state index contributed by atoms with van der Waals surface area (Å²) in [5.41, 5.74) is -0.237. The van der Waals surface area contributed by atoms with E-state index >= 15 is 0 Å². The molecule has 11 heteroatoms. The van der Waals surface area contributed by atoms with Crippen molar-refractivity contribution in [2.24, 2.45) is 0 Å². The van der Waals surface area contributed by atoms with Crippen molar-refractivity contribution in [2.75, 3.05) is 50.1 Å². The van der Waals surface area contributed by atoms with Crippen LogP contribution in [0.15, 0.2) is 35.2 Å². The fourth-order valence-electron chi connectivity index (χ4n) is 3.22. The molecule has 8 nitrogen and oxygen atoms in total. The van der Waals surface area contributed by atoms with E-state index in [-0.39, 0.29) is 5.56 Å². The summed E-state index contributed by atoms with van der Waals surface area (Å²) in [6, 6.07) is 6.94. The molecule has 30 heavy (non-hydrogen) atoms. The van der Waals surface area contributed by atoms with Crippen molar-refractivity contribution in [2.45, 2.75) is 17.6 Å². The second kappa shape index (κ2) is 8.50.